The number of carbonyl (C=O) groups is 2. The van der Waals surface area contributed by atoms with Crippen LogP contribution in [0.5, 0.6) is 0 Å². The van der Waals surface area contributed by atoms with Gasteiger partial charge in [0.25, 0.3) is 10.0 Å². The van der Waals surface area contributed by atoms with Crippen molar-refractivity contribution in [1.82, 2.24) is 4.98 Å². The average molecular weight is 558 g/mol. The molecule has 0 unspecified atom stereocenters. The highest BCUT2D eigenvalue weighted by Gasteiger charge is 2.38. The number of nitrogens with zero attached hydrogens (tertiary/aromatic N) is 2. The summed E-state index contributed by atoms with van der Waals surface area (Å²) < 4.78 is 60.1. The maximum atomic E-state index is 12.9. The number of benzene rings is 1. The fourth-order valence-electron chi connectivity index (χ4n) is 4.47. The molecule has 3 N–H and O–H groups in total. The highest BCUT2D eigenvalue weighted by molar-refractivity contribution is 7.92. The van der Waals surface area contributed by atoms with E-state index < -0.39 is 28.1 Å². The molecule has 1 saturated heterocycles. The number of rotatable bonds is 5. The molecular weight excluding hydrogens is 527 g/mol. The number of aliphatic carboxylic acids is 1. The SMILES string of the molecule is O=C(O)C(F)(F)F.O=C(O)c1cc(NS(=O)(=O)c2ccc3c(c2)CCCC3)cnc1N1CCCCCCC1. The van der Waals surface area contributed by atoms with Gasteiger partial charge in [0.05, 0.1) is 16.8 Å². The molecule has 1 aromatic heterocycles. The summed E-state index contributed by atoms with van der Waals surface area (Å²) in [6, 6.07) is 6.61. The lowest BCUT2D eigenvalue weighted by Gasteiger charge is -2.27. The van der Waals surface area contributed by atoms with E-state index in [0.717, 1.165) is 70.0 Å². The summed E-state index contributed by atoms with van der Waals surface area (Å²) in [7, 11) is -3.83. The maximum absolute atomic E-state index is 12.9. The summed E-state index contributed by atoms with van der Waals surface area (Å²) in [4.78, 5) is 27.4. The first-order valence-electron chi connectivity index (χ1n) is 12.3. The van der Waals surface area contributed by atoms with Gasteiger partial charge in [0.1, 0.15) is 11.4 Å². The number of halogens is 3. The largest absolute Gasteiger partial charge is 0.490 e. The van der Waals surface area contributed by atoms with E-state index in [2.05, 4.69) is 9.71 Å². The van der Waals surface area contributed by atoms with Crippen LogP contribution in [0.2, 0.25) is 0 Å². The summed E-state index contributed by atoms with van der Waals surface area (Å²) in [5.74, 6) is -3.46. The number of carboxylic acids is 2. The van der Waals surface area contributed by atoms with Gasteiger partial charge < -0.3 is 15.1 Å². The van der Waals surface area contributed by atoms with Crippen LogP contribution in [-0.4, -0.2) is 54.8 Å². The van der Waals surface area contributed by atoms with Crippen LogP contribution in [0.1, 0.15) is 66.4 Å². The van der Waals surface area contributed by atoms with Crippen molar-refractivity contribution in [3.05, 3.63) is 47.2 Å². The molecule has 2 aromatic rings. The summed E-state index contributed by atoms with van der Waals surface area (Å²) in [5.41, 5.74) is 2.46. The topological polar surface area (TPSA) is 137 Å². The summed E-state index contributed by atoms with van der Waals surface area (Å²) >= 11 is 0. The number of pyridine rings is 1. The zero-order chi connectivity index (χ0) is 27.9. The number of aryl methyl sites for hydroxylation is 2. The molecule has 2 heterocycles. The standard InChI is InChI=1S/C23H29N3O4S.C2HF3O2/c27-23(28)21-15-19(16-24-22(21)26-12-6-2-1-3-7-13-26)25-31(29,30)20-11-10-17-8-4-5-9-18(17)14-20;3-2(4,5)1(6)7/h10-11,14-16,25H,1-9,12-13H2,(H,27,28);(H,6,7). The zero-order valence-electron chi connectivity index (χ0n) is 20.6. The molecule has 1 aliphatic carbocycles. The summed E-state index contributed by atoms with van der Waals surface area (Å²) in [6.07, 6.45) is 5.82. The molecular formula is C25H30F3N3O6S. The van der Waals surface area contributed by atoms with E-state index in [1.807, 2.05) is 11.0 Å². The number of aromatic nitrogens is 1. The first-order chi connectivity index (χ1) is 17.9. The Kier molecular flexibility index (Phi) is 9.58. The van der Waals surface area contributed by atoms with Gasteiger partial charge in [-0.25, -0.2) is 23.0 Å². The number of alkyl halides is 3. The number of aromatic carboxylic acids is 1. The van der Waals surface area contributed by atoms with Crippen LogP contribution >= 0.6 is 0 Å². The van der Waals surface area contributed by atoms with Crippen molar-refractivity contribution in [1.29, 1.82) is 0 Å². The number of anilines is 2. The molecule has 38 heavy (non-hydrogen) atoms. The van der Waals surface area contributed by atoms with Crippen LogP contribution in [-0.2, 0) is 27.7 Å². The van der Waals surface area contributed by atoms with E-state index in [-0.39, 0.29) is 16.1 Å². The second-order valence-electron chi connectivity index (χ2n) is 9.20. The minimum Gasteiger partial charge on any atom is -0.478 e. The maximum Gasteiger partial charge on any atom is 0.490 e. The molecule has 4 rings (SSSR count). The van der Waals surface area contributed by atoms with Crippen LogP contribution < -0.4 is 9.62 Å². The molecule has 1 fully saturated rings. The second kappa shape index (κ2) is 12.5. The second-order valence-corrected chi connectivity index (χ2v) is 10.9. The molecule has 2 aliphatic rings. The smallest absolute Gasteiger partial charge is 0.478 e. The lowest BCUT2D eigenvalue weighted by molar-refractivity contribution is -0.192. The molecule has 0 atom stereocenters. The van der Waals surface area contributed by atoms with Crippen LogP contribution in [0.15, 0.2) is 35.4 Å². The number of sulfonamides is 1. The summed E-state index contributed by atoms with van der Waals surface area (Å²) in [5, 5.41) is 16.9. The third-order valence-electron chi connectivity index (χ3n) is 6.38. The van der Waals surface area contributed by atoms with Crippen LogP contribution in [0.25, 0.3) is 0 Å². The molecule has 1 aliphatic heterocycles. The van der Waals surface area contributed by atoms with Gasteiger partial charge in [-0.15, -0.1) is 0 Å². The van der Waals surface area contributed by atoms with Crippen LogP contribution in [0.4, 0.5) is 24.7 Å². The Labute approximate surface area is 218 Å². The van der Waals surface area contributed by atoms with Crippen LogP contribution in [0, 0.1) is 0 Å². The number of nitrogens with one attached hydrogen (secondary N) is 1. The number of hydrogen-bond donors (Lipinski definition) is 3. The van der Waals surface area contributed by atoms with Crippen molar-refractivity contribution >= 4 is 33.5 Å². The first kappa shape index (κ1) is 29.2. The minimum atomic E-state index is -5.08. The van der Waals surface area contributed by atoms with Gasteiger partial charge in [0.2, 0.25) is 0 Å². The average Bonchev–Trinajstić information content (AvgIpc) is 2.83. The first-order valence-corrected chi connectivity index (χ1v) is 13.8. The van der Waals surface area contributed by atoms with Crippen molar-refractivity contribution in [2.45, 2.75) is 68.9 Å². The fraction of sp³-hybridized carbons (Fsp3) is 0.480. The molecule has 0 saturated carbocycles. The monoisotopic (exact) mass is 557 g/mol. The molecule has 0 radical (unpaired) electrons. The Bertz CT molecular complexity index is 1260. The quantitative estimate of drug-likeness (QED) is 0.474. The highest BCUT2D eigenvalue weighted by atomic mass is 32.2. The molecule has 13 heteroatoms. The fourth-order valence-corrected chi connectivity index (χ4v) is 5.56. The highest BCUT2D eigenvalue weighted by Crippen LogP contribution is 2.28. The van der Waals surface area contributed by atoms with Crippen molar-refractivity contribution in [2.24, 2.45) is 0 Å². The van der Waals surface area contributed by atoms with E-state index >= 15 is 0 Å². The Hall–Kier alpha value is -3.35. The van der Waals surface area contributed by atoms with Gasteiger partial charge in [0.15, 0.2) is 0 Å². The minimum absolute atomic E-state index is 0.0196. The molecule has 9 nitrogen and oxygen atoms in total. The Morgan fingerprint density at radius 2 is 1.47 bits per heavy atom. The predicted molar refractivity (Wildman–Crippen MR) is 134 cm³/mol. The van der Waals surface area contributed by atoms with Gasteiger partial charge in [-0.3, -0.25) is 4.72 Å². The molecule has 0 spiro atoms. The number of carboxylic acid groups (broad SMARTS) is 2. The lowest BCUT2D eigenvalue weighted by atomic mass is 9.92. The van der Waals surface area contributed by atoms with E-state index in [0.29, 0.717) is 5.82 Å². The Morgan fingerprint density at radius 1 is 0.895 bits per heavy atom. The summed E-state index contributed by atoms with van der Waals surface area (Å²) in [6.45, 7) is 1.51. The van der Waals surface area contributed by atoms with Crippen molar-refractivity contribution < 1.29 is 41.4 Å². The van der Waals surface area contributed by atoms with E-state index in [1.165, 1.54) is 24.2 Å². The molecule has 208 valence electrons. The Balaban J connectivity index is 0.000000505. The zero-order valence-corrected chi connectivity index (χ0v) is 21.4. The van der Waals surface area contributed by atoms with Gasteiger partial charge >= 0.3 is 18.1 Å². The predicted octanol–water partition coefficient (Wildman–Crippen LogP) is 4.86. The Morgan fingerprint density at radius 3 is 2.05 bits per heavy atom. The van der Waals surface area contributed by atoms with Gasteiger partial charge in [-0.1, -0.05) is 25.3 Å². The molecule has 0 bridgehead atoms. The van der Waals surface area contributed by atoms with Gasteiger partial charge in [-0.2, -0.15) is 13.2 Å². The lowest BCUT2D eigenvalue weighted by Crippen LogP contribution is -2.29. The van der Waals surface area contributed by atoms with Crippen molar-refractivity contribution in [2.75, 3.05) is 22.7 Å². The van der Waals surface area contributed by atoms with E-state index in [9.17, 15) is 31.5 Å². The normalized spacial score (nSPS) is 16.2. The third-order valence-corrected chi connectivity index (χ3v) is 7.76. The van der Waals surface area contributed by atoms with E-state index in [1.54, 1.807) is 12.1 Å². The van der Waals surface area contributed by atoms with Crippen molar-refractivity contribution in [3.63, 3.8) is 0 Å². The van der Waals surface area contributed by atoms with E-state index in [4.69, 9.17) is 9.90 Å². The van der Waals surface area contributed by atoms with Gasteiger partial charge in [-0.05, 0) is 67.9 Å². The van der Waals surface area contributed by atoms with Crippen LogP contribution in [0.3, 0.4) is 0 Å². The number of fused-ring (bicyclic) bond motifs is 1. The van der Waals surface area contributed by atoms with Gasteiger partial charge in [0, 0.05) is 13.1 Å². The molecule has 1 aromatic carbocycles. The molecule has 0 amide bonds. The van der Waals surface area contributed by atoms with Crippen molar-refractivity contribution in [3.8, 4) is 0 Å². The third kappa shape index (κ3) is 7.83. The number of hydrogen-bond acceptors (Lipinski definition) is 6.